The summed E-state index contributed by atoms with van der Waals surface area (Å²) in [6.07, 6.45) is 4.72. The third-order valence-electron chi connectivity index (χ3n) is 4.81. The highest BCUT2D eigenvalue weighted by atomic mass is 16.3. The second-order valence-corrected chi connectivity index (χ2v) is 5.96. The van der Waals surface area contributed by atoms with Crippen LogP contribution in [0.5, 0.6) is 0 Å². The molecule has 0 saturated carbocycles. The van der Waals surface area contributed by atoms with Crippen molar-refractivity contribution in [3.05, 3.63) is 54.4 Å². The Morgan fingerprint density at radius 2 is 1.75 bits per heavy atom. The van der Waals surface area contributed by atoms with Crippen LogP contribution >= 0.6 is 0 Å². The molecule has 3 heterocycles. The number of piperidine rings is 1. The molecule has 1 aromatic heterocycles. The second kappa shape index (κ2) is 4.40. The normalized spacial score (nSPS) is 31.6. The van der Waals surface area contributed by atoms with Gasteiger partial charge in [-0.05, 0) is 41.8 Å². The second-order valence-electron chi connectivity index (χ2n) is 5.96. The molecule has 2 bridgehead atoms. The Kier molecular flexibility index (Phi) is 2.65. The van der Waals surface area contributed by atoms with E-state index < -0.39 is 5.60 Å². The number of fused-ring (bicyclic) bond motifs is 2. The molecule has 2 aliphatic heterocycles. The van der Waals surface area contributed by atoms with E-state index in [9.17, 15) is 5.11 Å². The molecule has 0 radical (unpaired) electrons. The molecule has 0 spiro atoms. The quantitative estimate of drug-likeness (QED) is 0.906. The monoisotopic (exact) mass is 266 g/mol. The van der Waals surface area contributed by atoms with Gasteiger partial charge in [0, 0.05) is 31.4 Å². The largest absolute Gasteiger partial charge is 0.383 e. The van der Waals surface area contributed by atoms with E-state index in [0.717, 1.165) is 37.2 Å². The lowest BCUT2D eigenvalue weighted by Gasteiger charge is -2.32. The zero-order valence-electron chi connectivity index (χ0n) is 11.4. The highest BCUT2D eigenvalue weighted by Crippen LogP contribution is 2.43. The van der Waals surface area contributed by atoms with Crippen LogP contribution in [0.15, 0.2) is 48.8 Å². The maximum atomic E-state index is 11.0. The van der Waals surface area contributed by atoms with E-state index in [1.54, 1.807) is 12.4 Å². The molecule has 2 aliphatic rings. The summed E-state index contributed by atoms with van der Waals surface area (Å²) in [5.74, 6) is 0.397. The maximum Gasteiger partial charge on any atom is 0.106 e. The fraction of sp³-hybridized carbons (Fsp3) is 0.353. The lowest BCUT2D eigenvalue weighted by atomic mass is 9.81. The summed E-state index contributed by atoms with van der Waals surface area (Å²) in [6.45, 7) is 2.97. The molecule has 2 fully saturated rings. The summed E-state index contributed by atoms with van der Waals surface area (Å²) in [5.41, 5.74) is 2.75. The minimum atomic E-state index is -0.644. The van der Waals surface area contributed by atoms with E-state index in [1.165, 1.54) is 5.56 Å². The molecule has 1 N–H and O–H groups in total. The highest BCUT2D eigenvalue weighted by molar-refractivity contribution is 5.63. The Morgan fingerprint density at radius 3 is 2.35 bits per heavy atom. The summed E-state index contributed by atoms with van der Waals surface area (Å²) in [5, 5.41) is 11.0. The van der Waals surface area contributed by atoms with Crippen LogP contribution in [0.4, 0.5) is 0 Å². The number of pyridine rings is 1. The van der Waals surface area contributed by atoms with Crippen molar-refractivity contribution >= 4 is 0 Å². The smallest absolute Gasteiger partial charge is 0.106 e. The van der Waals surface area contributed by atoms with Gasteiger partial charge in [-0.3, -0.25) is 9.88 Å². The van der Waals surface area contributed by atoms with Crippen LogP contribution < -0.4 is 0 Å². The number of hydrogen-bond donors (Lipinski definition) is 1. The van der Waals surface area contributed by atoms with E-state index in [4.69, 9.17) is 0 Å². The van der Waals surface area contributed by atoms with Crippen molar-refractivity contribution in [3.8, 4) is 11.1 Å². The lowest BCUT2D eigenvalue weighted by molar-refractivity contribution is -0.00990. The van der Waals surface area contributed by atoms with Crippen LogP contribution in [-0.4, -0.2) is 34.6 Å². The molecule has 3 unspecified atom stereocenters. The van der Waals surface area contributed by atoms with Crippen LogP contribution in [0.1, 0.15) is 12.0 Å². The Morgan fingerprint density at radius 1 is 1.05 bits per heavy atom. The fourth-order valence-electron chi connectivity index (χ4n) is 3.66. The molecule has 1 aromatic carbocycles. The summed E-state index contributed by atoms with van der Waals surface area (Å²) >= 11 is 0. The van der Waals surface area contributed by atoms with Crippen LogP contribution in [0.25, 0.3) is 11.1 Å². The van der Waals surface area contributed by atoms with E-state index >= 15 is 0 Å². The van der Waals surface area contributed by atoms with Crippen molar-refractivity contribution < 1.29 is 5.11 Å². The van der Waals surface area contributed by atoms with Gasteiger partial charge in [0.15, 0.2) is 0 Å². The van der Waals surface area contributed by atoms with Crippen molar-refractivity contribution in [3.63, 3.8) is 0 Å². The molecule has 20 heavy (non-hydrogen) atoms. The number of benzene rings is 1. The molecule has 0 amide bonds. The van der Waals surface area contributed by atoms with Gasteiger partial charge in [-0.1, -0.05) is 24.3 Å². The van der Waals surface area contributed by atoms with Crippen molar-refractivity contribution in [1.29, 1.82) is 0 Å². The van der Waals surface area contributed by atoms with Crippen molar-refractivity contribution in [2.75, 3.05) is 19.6 Å². The van der Waals surface area contributed by atoms with Gasteiger partial charge in [-0.15, -0.1) is 0 Å². The van der Waals surface area contributed by atoms with E-state index in [0.29, 0.717) is 5.92 Å². The number of rotatable bonds is 2. The molecule has 3 atom stereocenters. The first-order valence-corrected chi connectivity index (χ1v) is 7.21. The highest BCUT2D eigenvalue weighted by Gasteiger charge is 2.49. The average Bonchev–Trinajstić information content (AvgIpc) is 3.09. The Labute approximate surface area is 118 Å². The Bertz CT molecular complexity index is 611. The predicted molar refractivity (Wildman–Crippen MR) is 78.1 cm³/mol. The number of aliphatic hydroxyl groups is 1. The number of aromatic nitrogens is 1. The van der Waals surface area contributed by atoms with Crippen LogP contribution in [0.3, 0.4) is 0 Å². The van der Waals surface area contributed by atoms with Gasteiger partial charge in [-0.2, -0.15) is 0 Å². The third-order valence-corrected chi connectivity index (χ3v) is 4.81. The van der Waals surface area contributed by atoms with Gasteiger partial charge in [0.1, 0.15) is 5.60 Å². The average molecular weight is 266 g/mol. The summed E-state index contributed by atoms with van der Waals surface area (Å²) < 4.78 is 0. The first-order valence-electron chi connectivity index (χ1n) is 7.21. The molecule has 2 aromatic rings. The Balaban J connectivity index is 1.65. The van der Waals surface area contributed by atoms with Gasteiger partial charge < -0.3 is 5.11 Å². The molecule has 4 rings (SSSR count). The van der Waals surface area contributed by atoms with Crippen molar-refractivity contribution in [2.24, 2.45) is 5.92 Å². The van der Waals surface area contributed by atoms with Crippen molar-refractivity contribution in [2.45, 2.75) is 12.0 Å². The topological polar surface area (TPSA) is 36.4 Å². The van der Waals surface area contributed by atoms with Gasteiger partial charge in [-0.25, -0.2) is 0 Å². The lowest BCUT2D eigenvalue weighted by Crippen LogP contribution is -2.39. The van der Waals surface area contributed by atoms with Gasteiger partial charge in [0.05, 0.1) is 0 Å². The fourth-order valence-corrected chi connectivity index (χ4v) is 3.66. The van der Waals surface area contributed by atoms with Crippen LogP contribution in [0, 0.1) is 5.92 Å². The van der Waals surface area contributed by atoms with Crippen LogP contribution in [0.2, 0.25) is 0 Å². The third kappa shape index (κ3) is 1.78. The van der Waals surface area contributed by atoms with Crippen molar-refractivity contribution in [1.82, 2.24) is 9.88 Å². The molecule has 102 valence electrons. The molecular formula is C17H18N2O. The molecule has 3 heteroatoms. The molecular weight excluding hydrogens is 248 g/mol. The molecule has 2 saturated heterocycles. The molecule has 3 nitrogen and oxygen atoms in total. The first-order chi connectivity index (χ1) is 9.75. The van der Waals surface area contributed by atoms with Crippen LogP contribution in [-0.2, 0) is 5.60 Å². The number of hydrogen-bond acceptors (Lipinski definition) is 3. The maximum absolute atomic E-state index is 11.0. The van der Waals surface area contributed by atoms with E-state index in [2.05, 4.69) is 34.1 Å². The Hall–Kier alpha value is -1.71. The summed E-state index contributed by atoms with van der Waals surface area (Å²) in [6, 6.07) is 12.4. The minimum absolute atomic E-state index is 0.397. The van der Waals surface area contributed by atoms with Gasteiger partial charge in [0.25, 0.3) is 0 Å². The minimum Gasteiger partial charge on any atom is -0.383 e. The molecule has 0 aliphatic carbocycles. The van der Waals surface area contributed by atoms with Gasteiger partial charge >= 0.3 is 0 Å². The summed E-state index contributed by atoms with van der Waals surface area (Å²) in [7, 11) is 0. The standard InChI is InChI=1S/C17H18N2O/c20-17(12-19-10-7-16(17)11-19)15-3-1-13(2-4-15)14-5-8-18-9-6-14/h1-6,8-9,16,20H,7,10-12H2. The zero-order valence-corrected chi connectivity index (χ0v) is 11.4. The zero-order chi connectivity index (χ0) is 13.6. The van der Waals surface area contributed by atoms with E-state index in [-0.39, 0.29) is 0 Å². The number of nitrogens with zero attached hydrogens (tertiary/aromatic N) is 2. The predicted octanol–water partition coefficient (Wildman–Crippen LogP) is 2.27. The van der Waals surface area contributed by atoms with E-state index in [1.807, 2.05) is 12.1 Å². The summed E-state index contributed by atoms with van der Waals surface area (Å²) in [4.78, 5) is 6.41. The van der Waals surface area contributed by atoms with Gasteiger partial charge in [0.2, 0.25) is 0 Å². The SMILES string of the molecule is OC1(c2ccc(-c3ccncc3)cc2)CN2CCC1C2. The first kappa shape index (κ1) is 12.1.